The second kappa shape index (κ2) is 7.09. The zero-order valence-corrected chi connectivity index (χ0v) is 12.7. The molecule has 0 fully saturated rings. The van der Waals surface area contributed by atoms with Gasteiger partial charge in [-0.2, -0.15) is 0 Å². The van der Waals surface area contributed by atoms with Gasteiger partial charge in [0.1, 0.15) is 5.75 Å². The van der Waals surface area contributed by atoms with Crippen molar-refractivity contribution in [2.75, 3.05) is 0 Å². The number of hydrogen-bond donors (Lipinski definition) is 1. The number of nitrogens with one attached hydrogen (secondary N) is 1. The highest BCUT2D eigenvalue weighted by molar-refractivity contribution is 6.32. The number of ether oxygens (including phenoxy) is 1. The molecule has 2 rings (SSSR count). The number of amides is 1. The van der Waals surface area contributed by atoms with Crippen molar-refractivity contribution in [2.45, 2.75) is 26.0 Å². The van der Waals surface area contributed by atoms with Gasteiger partial charge in [-0.3, -0.25) is 9.78 Å². The average Bonchev–Trinajstić information content (AvgIpc) is 2.50. The summed E-state index contributed by atoms with van der Waals surface area (Å²) in [6.45, 7) is 3.60. The number of aromatic nitrogens is 1. The van der Waals surface area contributed by atoms with E-state index < -0.39 is 6.10 Å². The molecule has 0 spiro atoms. The fraction of sp³-hybridized carbons (Fsp3) is 0.250. The predicted octanol–water partition coefficient (Wildman–Crippen LogP) is 3.38. The van der Waals surface area contributed by atoms with Crippen LogP contribution < -0.4 is 10.1 Å². The maximum Gasteiger partial charge on any atom is 0.261 e. The van der Waals surface area contributed by atoms with Crippen LogP contribution in [0.3, 0.4) is 0 Å². The summed E-state index contributed by atoms with van der Waals surface area (Å²) in [6, 6.07) is 10.7. The molecule has 1 N–H and O–H groups in total. The topological polar surface area (TPSA) is 51.2 Å². The summed E-state index contributed by atoms with van der Waals surface area (Å²) in [5, 5.41) is 3.39. The van der Waals surface area contributed by atoms with Crippen LogP contribution in [0.2, 0.25) is 5.02 Å². The summed E-state index contributed by atoms with van der Waals surface area (Å²) in [4.78, 5) is 16.1. The van der Waals surface area contributed by atoms with Crippen LogP contribution in [0, 0.1) is 0 Å². The molecule has 0 aliphatic heterocycles. The molecule has 1 aromatic heterocycles. The molecule has 2 atom stereocenters. The van der Waals surface area contributed by atoms with Gasteiger partial charge < -0.3 is 10.1 Å². The minimum Gasteiger partial charge on any atom is -0.479 e. The van der Waals surface area contributed by atoms with E-state index in [9.17, 15) is 4.79 Å². The molecule has 0 saturated heterocycles. The van der Waals surface area contributed by atoms with Gasteiger partial charge in [0.15, 0.2) is 6.10 Å². The Labute approximate surface area is 129 Å². The van der Waals surface area contributed by atoms with Gasteiger partial charge in [-0.1, -0.05) is 23.7 Å². The van der Waals surface area contributed by atoms with Crippen molar-refractivity contribution in [3.63, 3.8) is 0 Å². The quantitative estimate of drug-likeness (QED) is 0.921. The molecule has 0 aliphatic carbocycles. The lowest BCUT2D eigenvalue weighted by molar-refractivity contribution is -0.127. The average molecular weight is 305 g/mol. The molecule has 1 heterocycles. The SMILES string of the molecule is CC(Oc1ccccc1Cl)C(=O)NC(C)c1ccncc1. The van der Waals surface area contributed by atoms with Crippen molar-refractivity contribution >= 4 is 17.5 Å². The smallest absolute Gasteiger partial charge is 0.261 e. The van der Waals surface area contributed by atoms with E-state index in [2.05, 4.69) is 10.3 Å². The fourth-order valence-electron chi connectivity index (χ4n) is 1.85. The summed E-state index contributed by atoms with van der Waals surface area (Å²) in [5.74, 6) is 0.303. The van der Waals surface area contributed by atoms with Crippen molar-refractivity contribution in [2.24, 2.45) is 0 Å². The highest BCUT2D eigenvalue weighted by atomic mass is 35.5. The molecule has 21 heavy (non-hydrogen) atoms. The van der Waals surface area contributed by atoms with Gasteiger partial charge >= 0.3 is 0 Å². The predicted molar refractivity (Wildman–Crippen MR) is 82.3 cm³/mol. The van der Waals surface area contributed by atoms with Crippen molar-refractivity contribution in [3.8, 4) is 5.75 Å². The third kappa shape index (κ3) is 4.20. The van der Waals surface area contributed by atoms with Crippen molar-refractivity contribution in [3.05, 3.63) is 59.4 Å². The molecule has 5 heteroatoms. The Kier molecular flexibility index (Phi) is 5.17. The normalized spacial score (nSPS) is 13.3. The van der Waals surface area contributed by atoms with E-state index >= 15 is 0 Å². The first-order valence-corrected chi connectivity index (χ1v) is 7.07. The van der Waals surface area contributed by atoms with E-state index in [0.29, 0.717) is 10.8 Å². The Morgan fingerprint density at radius 3 is 2.52 bits per heavy atom. The number of halogens is 1. The van der Waals surface area contributed by atoms with Crippen molar-refractivity contribution < 1.29 is 9.53 Å². The molecule has 0 aliphatic rings. The zero-order valence-electron chi connectivity index (χ0n) is 11.9. The number of benzene rings is 1. The third-order valence-corrected chi connectivity index (χ3v) is 3.39. The number of carbonyl (C=O) groups is 1. The first kappa shape index (κ1) is 15.3. The summed E-state index contributed by atoms with van der Waals surface area (Å²) in [6.07, 6.45) is 2.76. The minimum atomic E-state index is -0.630. The zero-order chi connectivity index (χ0) is 15.2. The molecule has 110 valence electrons. The molecular formula is C16H17ClN2O2. The number of rotatable bonds is 5. The molecule has 2 aromatic rings. The number of hydrogen-bond acceptors (Lipinski definition) is 3. The number of pyridine rings is 1. The molecule has 1 aromatic carbocycles. The van der Waals surface area contributed by atoms with E-state index in [-0.39, 0.29) is 11.9 Å². The Morgan fingerprint density at radius 1 is 1.19 bits per heavy atom. The molecule has 1 amide bonds. The second-order valence-corrected chi connectivity index (χ2v) is 5.11. The van der Waals surface area contributed by atoms with E-state index in [0.717, 1.165) is 5.56 Å². The van der Waals surface area contributed by atoms with Crippen LogP contribution in [0.1, 0.15) is 25.5 Å². The van der Waals surface area contributed by atoms with Gasteiger partial charge in [-0.15, -0.1) is 0 Å². The standard InChI is InChI=1S/C16H17ClN2O2/c1-11(13-7-9-18-10-8-13)19-16(20)12(2)21-15-6-4-3-5-14(15)17/h3-12H,1-2H3,(H,19,20). The van der Waals surface area contributed by atoms with Gasteiger partial charge in [0.05, 0.1) is 11.1 Å². The van der Waals surface area contributed by atoms with Crippen LogP contribution in [-0.2, 0) is 4.79 Å². The lowest BCUT2D eigenvalue weighted by atomic mass is 10.1. The van der Waals surface area contributed by atoms with E-state index in [1.54, 1.807) is 31.5 Å². The first-order valence-electron chi connectivity index (χ1n) is 6.69. The Morgan fingerprint density at radius 2 is 1.86 bits per heavy atom. The van der Waals surface area contributed by atoms with Gasteiger partial charge in [0, 0.05) is 12.4 Å². The molecule has 0 bridgehead atoms. The monoisotopic (exact) mass is 304 g/mol. The molecule has 2 unspecified atom stereocenters. The van der Waals surface area contributed by atoms with Crippen LogP contribution >= 0.6 is 11.6 Å². The number of nitrogens with zero attached hydrogens (tertiary/aromatic N) is 1. The Bertz CT molecular complexity index is 604. The van der Waals surface area contributed by atoms with Crippen LogP contribution in [0.25, 0.3) is 0 Å². The van der Waals surface area contributed by atoms with E-state index in [4.69, 9.17) is 16.3 Å². The van der Waals surface area contributed by atoms with Gasteiger partial charge in [0.2, 0.25) is 0 Å². The van der Waals surface area contributed by atoms with Crippen LogP contribution in [0.5, 0.6) is 5.75 Å². The summed E-state index contributed by atoms with van der Waals surface area (Å²) in [5.41, 5.74) is 0.989. The lowest BCUT2D eigenvalue weighted by Gasteiger charge is -2.19. The van der Waals surface area contributed by atoms with Gasteiger partial charge in [-0.05, 0) is 43.7 Å². The van der Waals surface area contributed by atoms with E-state index in [1.165, 1.54) is 0 Å². The van der Waals surface area contributed by atoms with Crippen molar-refractivity contribution in [1.29, 1.82) is 0 Å². The maximum atomic E-state index is 12.1. The van der Waals surface area contributed by atoms with Crippen LogP contribution in [0.15, 0.2) is 48.8 Å². The highest BCUT2D eigenvalue weighted by Gasteiger charge is 2.18. The summed E-state index contributed by atoms with van der Waals surface area (Å²) >= 11 is 6.01. The maximum absolute atomic E-state index is 12.1. The molecule has 0 radical (unpaired) electrons. The van der Waals surface area contributed by atoms with Crippen LogP contribution in [-0.4, -0.2) is 17.0 Å². The number of para-hydroxylation sites is 1. The largest absolute Gasteiger partial charge is 0.479 e. The van der Waals surface area contributed by atoms with Gasteiger partial charge in [-0.25, -0.2) is 0 Å². The summed E-state index contributed by atoms with van der Waals surface area (Å²) < 4.78 is 5.59. The van der Waals surface area contributed by atoms with Crippen LogP contribution in [0.4, 0.5) is 0 Å². The number of carbonyl (C=O) groups excluding carboxylic acids is 1. The Hall–Kier alpha value is -2.07. The summed E-state index contributed by atoms with van der Waals surface area (Å²) in [7, 11) is 0. The van der Waals surface area contributed by atoms with Gasteiger partial charge in [0.25, 0.3) is 5.91 Å². The molecule has 0 saturated carbocycles. The third-order valence-electron chi connectivity index (χ3n) is 3.07. The lowest BCUT2D eigenvalue weighted by Crippen LogP contribution is -2.37. The molecule has 4 nitrogen and oxygen atoms in total. The van der Waals surface area contributed by atoms with E-state index in [1.807, 2.05) is 31.2 Å². The Balaban J connectivity index is 1.95. The minimum absolute atomic E-state index is 0.113. The van der Waals surface area contributed by atoms with Crippen molar-refractivity contribution in [1.82, 2.24) is 10.3 Å². The first-order chi connectivity index (χ1) is 10.1. The second-order valence-electron chi connectivity index (χ2n) is 4.70. The molecular weight excluding hydrogens is 288 g/mol. The highest BCUT2D eigenvalue weighted by Crippen LogP contribution is 2.24. The fourth-order valence-corrected chi connectivity index (χ4v) is 2.03.